The van der Waals surface area contributed by atoms with Crippen LogP contribution in [-0.2, 0) is 10.0 Å². The van der Waals surface area contributed by atoms with Crippen LogP contribution in [0.15, 0.2) is 18.2 Å². The van der Waals surface area contributed by atoms with Gasteiger partial charge >= 0.3 is 0 Å². The summed E-state index contributed by atoms with van der Waals surface area (Å²) in [5.74, 6) is -0.238. The summed E-state index contributed by atoms with van der Waals surface area (Å²) in [6, 6.07) is 4.49. The molecule has 0 aliphatic rings. The molecule has 0 aliphatic carbocycles. The van der Waals surface area contributed by atoms with E-state index in [0.717, 1.165) is 5.56 Å². The van der Waals surface area contributed by atoms with Gasteiger partial charge in [-0.15, -0.1) is 0 Å². The van der Waals surface area contributed by atoms with E-state index in [-0.39, 0.29) is 17.5 Å². The lowest BCUT2D eigenvalue weighted by Gasteiger charge is -2.15. The van der Waals surface area contributed by atoms with Gasteiger partial charge in [-0.25, -0.2) is 17.5 Å². The highest BCUT2D eigenvalue weighted by Crippen LogP contribution is 2.22. The molecule has 7 heteroatoms. The third kappa shape index (κ3) is 5.07. The number of rotatable bonds is 8. The van der Waals surface area contributed by atoms with E-state index < -0.39 is 15.8 Å². The molecule has 0 saturated carbocycles. The number of nitrogens with one attached hydrogen (secondary N) is 2. The Hall–Kier alpha value is -1.18. The summed E-state index contributed by atoms with van der Waals surface area (Å²) in [4.78, 5) is 0. The van der Waals surface area contributed by atoms with Crippen molar-refractivity contribution in [1.29, 1.82) is 0 Å². The highest BCUT2D eigenvalue weighted by molar-refractivity contribution is 7.89. The molecule has 1 atom stereocenters. The van der Waals surface area contributed by atoms with Crippen LogP contribution in [0.2, 0.25) is 0 Å². The minimum absolute atomic E-state index is 0.00348. The molecule has 0 radical (unpaired) electrons. The molecule has 5 nitrogen and oxygen atoms in total. The molecule has 1 unspecified atom stereocenters. The van der Waals surface area contributed by atoms with E-state index >= 15 is 0 Å². The number of hydrogen-bond acceptors (Lipinski definition) is 4. The predicted molar refractivity (Wildman–Crippen MR) is 76.8 cm³/mol. The normalized spacial score (nSPS) is 13.2. The van der Waals surface area contributed by atoms with Crippen molar-refractivity contribution in [3.05, 3.63) is 29.6 Å². The van der Waals surface area contributed by atoms with Crippen molar-refractivity contribution in [1.82, 2.24) is 10.0 Å². The number of halogens is 1. The second kappa shape index (κ2) is 7.56. The minimum atomic E-state index is -3.23. The molecule has 0 fully saturated rings. The molecule has 1 rings (SSSR count). The SMILES string of the molecule is CCNS(=O)(=O)CCNC(C)c1ccc(F)c(OC)c1. The van der Waals surface area contributed by atoms with Crippen molar-refractivity contribution in [2.45, 2.75) is 19.9 Å². The molecule has 1 aromatic rings. The Morgan fingerprint density at radius 3 is 2.70 bits per heavy atom. The van der Waals surface area contributed by atoms with Gasteiger partial charge in [-0.1, -0.05) is 13.0 Å². The van der Waals surface area contributed by atoms with Crippen LogP contribution in [0.5, 0.6) is 5.75 Å². The number of sulfonamides is 1. The number of ether oxygens (including phenoxy) is 1. The maximum absolute atomic E-state index is 13.3. The summed E-state index contributed by atoms with van der Waals surface area (Å²) in [5, 5.41) is 3.09. The van der Waals surface area contributed by atoms with Crippen LogP contribution in [0.25, 0.3) is 0 Å². The fourth-order valence-corrected chi connectivity index (χ4v) is 2.74. The maximum Gasteiger partial charge on any atom is 0.212 e. The summed E-state index contributed by atoms with van der Waals surface area (Å²) in [5.41, 5.74) is 0.837. The first-order valence-electron chi connectivity index (χ1n) is 6.43. The summed E-state index contributed by atoms with van der Waals surface area (Å²) < 4.78 is 43.6. The van der Waals surface area contributed by atoms with Crippen molar-refractivity contribution in [3.8, 4) is 5.75 Å². The number of benzene rings is 1. The van der Waals surface area contributed by atoms with E-state index in [1.165, 1.54) is 13.2 Å². The van der Waals surface area contributed by atoms with Gasteiger partial charge in [-0.05, 0) is 24.6 Å². The molecule has 114 valence electrons. The molecule has 0 saturated heterocycles. The quantitative estimate of drug-likeness (QED) is 0.762. The van der Waals surface area contributed by atoms with Crippen molar-refractivity contribution >= 4 is 10.0 Å². The van der Waals surface area contributed by atoms with Gasteiger partial charge in [0.2, 0.25) is 10.0 Å². The molecule has 0 aliphatic heterocycles. The molecule has 0 bridgehead atoms. The van der Waals surface area contributed by atoms with Crippen LogP contribution in [0.4, 0.5) is 4.39 Å². The Balaban J connectivity index is 2.57. The van der Waals surface area contributed by atoms with Gasteiger partial charge < -0.3 is 10.1 Å². The fourth-order valence-electron chi connectivity index (χ4n) is 1.77. The second-order valence-corrected chi connectivity index (χ2v) is 6.31. The van der Waals surface area contributed by atoms with E-state index in [0.29, 0.717) is 13.1 Å². The van der Waals surface area contributed by atoms with Gasteiger partial charge in [0.25, 0.3) is 0 Å². The Bertz CT molecular complexity index is 534. The van der Waals surface area contributed by atoms with Crippen LogP contribution in [0.1, 0.15) is 25.5 Å². The van der Waals surface area contributed by atoms with Crippen LogP contribution in [-0.4, -0.2) is 34.4 Å². The zero-order valence-corrected chi connectivity index (χ0v) is 12.8. The lowest BCUT2D eigenvalue weighted by atomic mass is 10.1. The largest absolute Gasteiger partial charge is 0.494 e. The van der Waals surface area contributed by atoms with E-state index in [4.69, 9.17) is 4.74 Å². The molecule has 20 heavy (non-hydrogen) atoms. The van der Waals surface area contributed by atoms with E-state index in [2.05, 4.69) is 10.0 Å². The zero-order valence-electron chi connectivity index (χ0n) is 11.9. The minimum Gasteiger partial charge on any atom is -0.494 e. The third-order valence-electron chi connectivity index (χ3n) is 2.86. The molecule has 0 aromatic heterocycles. The Kier molecular flexibility index (Phi) is 6.38. The van der Waals surface area contributed by atoms with E-state index in [1.807, 2.05) is 6.92 Å². The fraction of sp³-hybridized carbons (Fsp3) is 0.538. The average molecular weight is 304 g/mol. The Morgan fingerprint density at radius 2 is 2.10 bits per heavy atom. The topological polar surface area (TPSA) is 67.4 Å². The van der Waals surface area contributed by atoms with Crippen LogP contribution >= 0.6 is 0 Å². The van der Waals surface area contributed by atoms with Gasteiger partial charge in [0.05, 0.1) is 12.9 Å². The molecule has 2 N–H and O–H groups in total. The maximum atomic E-state index is 13.3. The van der Waals surface area contributed by atoms with Crippen LogP contribution in [0, 0.1) is 5.82 Å². The highest BCUT2D eigenvalue weighted by Gasteiger charge is 2.12. The molecule has 0 amide bonds. The van der Waals surface area contributed by atoms with Crippen molar-refractivity contribution in [3.63, 3.8) is 0 Å². The lowest BCUT2D eigenvalue weighted by Crippen LogP contribution is -2.32. The molecular formula is C13H21FN2O3S. The highest BCUT2D eigenvalue weighted by atomic mass is 32.2. The summed E-state index contributed by atoms with van der Waals surface area (Å²) >= 11 is 0. The standard InChI is InChI=1S/C13H21FN2O3S/c1-4-16-20(17,18)8-7-15-10(2)11-5-6-12(14)13(9-11)19-3/h5-6,9-10,15-16H,4,7-8H2,1-3H3. The smallest absolute Gasteiger partial charge is 0.212 e. The predicted octanol–water partition coefficient (Wildman–Crippen LogP) is 1.42. The second-order valence-electron chi connectivity index (χ2n) is 4.39. The first-order chi connectivity index (χ1) is 9.39. The van der Waals surface area contributed by atoms with Gasteiger partial charge in [-0.2, -0.15) is 0 Å². The van der Waals surface area contributed by atoms with Gasteiger partial charge in [-0.3, -0.25) is 0 Å². The molecule has 0 heterocycles. The van der Waals surface area contributed by atoms with E-state index in [1.54, 1.807) is 19.1 Å². The summed E-state index contributed by atoms with van der Waals surface area (Å²) in [6.07, 6.45) is 0. The van der Waals surface area contributed by atoms with Crippen molar-refractivity contribution in [2.75, 3.05) is 26.0 Å². The number of methoxy groups -OCH3 is 1. The zero-order chi connectivity index (χ0) is 15.2. The summed E-state index contributed by atoms with van der Waals surface area (Å²) in [7, 11) is -1.82. The van der Waals surface area contributed by atoms with E-state index in [9.17, 15) is 12.8 Å². The van der Waals surface area contributed by atoms with Crippen LogP contribution in [0.3, 0.4) is 0 Å². The monoisotopic (exact) mass is 304 g/mol. The molecule has 1 aromatic carbocycles. The van der Waals surface area contributed by atoms with Crippen LogP contribution < -0.4 is 14.8 Å². The first kappa shape index (κ1) is 16.9. The number of hydrogen-bond donors (Lipinski definition) is 2. The third-order valence-corrected chi connectivity index (χ3v) is 4.33. The molecule has 0 spiro atoms. The lowest BCUT2D eigenvalue weighted by molar-refractivity contribution is 0.385. The Morgan fingerprint density at radius 1 is 1.40 bits per heavy atom. The molecular weight excluding hydrogens is 283 g/mol. The van der Waals surface area contributed by atoms with Gasteiger partial charge in [0.15, 0.2) is 11.6 Å². The van der Waals surface area contributed by atoms with Crippen molar-refractivity contribution < 1.29 is 17.5 Å². The van der Waals surface area contributed by atoms with Crippen molar-refractivity contribution in [2.24, 2.45) is 0 Å². The average Bonchev–Trinajstić information content (AvgIpc) is 2.38. The first-order valence-corrected chi connectivity index (χ1v) is 8.09. The van der Waals surface area contributed by atoms with Gasteiger partial charge in [0.1, 0.15) is 0 Å². The Labute approximate surface area is 119 Å². The van der Waals surface area contributed by atoms with Gasteiger partial charge in [0, 0.05) is 19.1 Å². The summed E-state index contributed by atoms with van der Waals surface area (Å²) in [6.45, 7) is 4.31.